The lowest BCUT2D eigenvalue weighted by atomic mass is 9.90. The highest BCUT2D eigenvalue weighted by Gasteiger charge is 2.40. The Morgan fingerprint density at radius 3 is 2.79 bits per heavy atom. The Labute approximate surface area is 146 Å². The molecule has 0 spiro atoms. The van der Waals surface area contributed by atoms with Crippen molar-refractivity contribution in [1.29, 1.82) is 0 Å². The fraction of sp³-hybridized carbons (Fsp3) is 0.500. The van der Waals surface area contributed by atoms with Crippen molar-refractivity contribution in [1.82, 2.24) is 4.90 Å². The van der Waals surface area contributed by atoms with Gasteiger partial charge in [0, 0.05) is 5.56 Å². The molecule has 2 unspecified atom stereocenters. The molecule has 24 heavy (non-hydrogen) atoms. The lowest BCUT2D eigenvalue weighted by molar-refractivity contribution is -0.0510. The van der Waals surface area contributed by atoms with Crippen LogP contribution < -0.4 is 0 Å². The summed E-state index contributed by atoms with van der Waals surface area (Å²) in [6.07, 6.45) is 2.03. The molecule has 2 atom stereocenters. The first kappa shape index (κ1) is 17.2. The van der Waals surface area contributed by atoms with Crippen LogP contribution in [0.3, 0.4) is 0 Å². The highest BCUT2D eigenvalue weighted by Crippen LogP contribution is 2.35. The number of morpholine rings is 1. The maximum absolute atomic E-state index is 14.3. The van der Waals surface area contributed by atoms with E-state index in [0.717, 1.165) is 5.57 Å². The van der Waals surface area contributed by atoms with Crippen molar-refractivity contribution in [3.8, 4) is 0 Å². The Morgan fingerprint density at radius 2 is 2.12 bits per heavy atom. The molecule has 0 N–H and O–H groups in total. The maximum Gasteiger partial charge on any atom is 0.411 e. The second-order valence-electron chi connectivity index (χ2n) is 7.14. The molecule has 1 amide bonds. The van der Waals surface area contributed by atoms with Gasteiger partial charge in [-0.1, -0.05) is 29.8 Å². The first-order valence-corrected chi connectivity index (χ1v) is 8.38. The Hall–Kier alpha value is -1.59. The van der Waals surface area contributed by atoms with E-state index in [4.69, 9.17) is 21.1 Å². The predicted octanol–water partition coefficient (Wildman–Crippen LogP) is 4.27. The summed E-state index contributed by atoms with van der Waals surface area (Å²) in [6.45, 7) is 6.30. The van der Waals surface area contributed by atoms with Gasteiger partial charge in [-0.15, -0.1) is 0 Å². The number of benzene rings is 1. The number of nitrogens with zero attached hydrogens (tertiary/aromatic N) is 1. The minimum Gasteiger partial charge on any atom is -0.444 e. The third kappa shape index (κ3) is 3.42. The minimum absolute atomic E-state index is 0.101. The summed E-state index contributed by atoms with van der Waals surface area (Å²) in [4.78, 5) is 14.2. The van der Waals surface area contributed by atoms with Crippen LogP contribution in [0.2, 0.25) is 5.02 Å². The van der Waals surface area contributed by atoms with E-state index in [-0.39, 0.29) is 23.2 Å². The molecule has 2 bridgehead atoms. The van der Waals surface area contributed by atoms with Gasteiger partial charge in [-0.05, 0) is 38.8 Å². The molecule has 0 saturated carbocycles. The number of hydrogen-bond donors (Lipinski definition) is 0. The van der Waals surface area contributed by atoms with Gasteiger partial charge in [0.2, 0.25) is 0 Å². The van der Waals surface area contributed by atoms with Crippen molar-refractivity contribution in [2.75, 3.05) is 13.2 Å². The van der Waals surface area contributed by atoms with Crippen LogP contribution in [0.15, 0.2) is 24.3 Å². The zero-order chi connectivity index (χ0) is 17.5. The molecule has 0 aromatic heterocycles. The number of ether oxygens (including phenoxy) is 2. The number of rotatable bonds is 1. The van der Waals surface area contributed by atoms with Gasteiger partial charge in [0.15, 0.2) is 0 Å². The zero-order valence-corrected chi connectivity index (χ0v) is 14.8. The number of hydrogen-bond acceptors (Lipinski definition) is 3. The van der Waals surface area contributed by atoms with Crippen molar-refractivity contribution in [3.63, 3.8) is 0 Å². The van der Waals surface area contributed by atoms with Gasteiger partial charge in [0.25, 0.3) is 0 Å². The average Bonchev–Trinajstić information content (AvgIpc) is 2.47. The van der Waals surface area contributed by atoms with Crippen LogP contribution in [0, 0.1) is 5.82 Å². The van der Waals surface area contributed by atoms with Crippen molar-refractivity contribution in [2.24, 2.45) is 0 Å². The molecule has 2 aliphatic rings. The number of carbonyl (C=O) groups excluding carboxylic acids is 1. The SMILES string of the molecule is CC(C)(C)OC(=O)N1C2C=C(c3cccc(Cl)c3F)CC1COC2. The molecule has 1 saturated heterocycles. The van der Waals surface area contributed by atoms with Crippen LogP contribution in [-0.4, -0.2) is 41.9 Å². The summed E-state index contributed by atoms with van der Waals surface area (Å²) in [7, 11) is 0. The number of halogens is 2. The first-order chi connectivity index (χ1) is 11.3. The van der Waals surface area contributed by atoms with E-state index in [1.54, 1.807) is 17.0 Å². The van der Waals surface area contributed by atoms with E-state index < -0.39 is 11.4 Å². The van der Waals surface area contributed by atoms with Crippen LogP contribution in [0.5, 0.6) is 0 Å². The van der Waals surface area contributed by atoms with Crippen molar-refractivity contribution >= 4 is 23.3 Å². The Morgan fingerprint density at radius 1 is 1.38 bits per heavy atom. The molecule has 2 heterocycles. The van der Waals surface area contributed by atoms with Crippen LogP contribution in [-0.2, 0) is 9.47 Å². The maximum atomic E-state index is 14.3. The summed E-state index contributed by atoms with van der Waals surface area (Å²) in [5.74, 6) is -0.421. The molecule has 1 aromatic rings. The van der Waals surface area contributed by atoms with Gasteiger partial charge in [0.1, 0.15) is 11.4 Å². The molecule has 6 heteroatoms. The van der Waals surface area contributed by atoms with E-state index in [2.05, 4.69) is 0 Å². The topological polar surface area (TPSA) is 38.8 Å². The van der Waals surface area contributed by atoms with Crippen molar-refractivity contribution in [3.05, 3.63) is 40.7 Å². The molecule has 1 aromatic carbocycles. The molecular weight excluding hydrogens is 333 g/mol. The van der Waals surface area contributed by atoms with Gasteiger partial charge in [-0.2, -0.15) is 0 Å². The van der Waals surface area contributed by atoms with Crippen LogP contribution >= 0.6 is 11.6 Å². The van der Waals surface area contributed by atoms with E-state index in [9.17, 15) is 9.18 Å². The van der Waals surface area contributed by atoms with Crippen LogP contribution in [0.1, 0.15) is 32.8 Å². The second-order valence-corrected chi connectivity index (χ2v) is 7.55. The van der Waals surface area contributed by atoms with Gasteiger partial charge < -0.3 is 9.47 Å². The Bertz CT molecular complexity index is 683. The summed E-state index contributed by atoms with van der Waals surface area (Å²) in [5.41, 5.74) is 0.784. The number of carbonyl (C=O) groups is 1. The molecule has 2 aliphatic heterocycles. The minimum atomic E-state index is -0.560. The molecule has 130 valence electrons. The third-order valence-electron chi connectivity index (χ3n) is 4.10. The standard InChI is InChI=1S/C18H21ClFNO3/c1-18(2,3)24-17(22)21-12-7-11(8-13(21)10-23-9-12)14-5-4-6-15(19)16(14)20/h4-7,12-13H,8-10H2,1-3H3. The monoisotopic (exact) mass is 353 g/mol. The first-order valence-electron chi connectivity index (χ1n) is 8.00. The zero-order valence-electron chi connectivity index (χ0n) is 14.0. The molecule has 0 aliphatic carbocycles. The quantitative estimate of drug-likeness (QED) is 0.756. The summed E-state index contributed by atoms with van der Waals surface area (Å²) in [5, 5.41) is 0.101. The fourth-order valence-corrected chi connectivity index (χ4v) is 3.32. The lowest BCUT2D eigenvalue weighted by Crippen LogP contribution is -2.57. The highest BCUT2D eigenvalue weighted by molar-refractivity contribution is 6.30. The van der Waals surface area contributed by atoms with Gasteiger partial charge in [-0.3, -0.25) is 4.90 Å². The summed E-state index contributed by atoms with van der Waals surface area (Å²) < 4.78 is 25.4. The third-order valence-corrected chi connectivity index (χ3v) is 4.39. The van der Waals surface area contributed by atoms with E-state index in [1.165, 1.54) is 6.07 Å². The summed E-state index contributed by atoms with van der Waals surface area (Å²) in [6, 6.07) is 4.54. The van der Waals surface area contributed by atoms with Crippen molar-refractivity contribution < 1.29 is 18.7 Å². The van der Waals surface area contributed by atoms with Gasteiger partial charge >= 0.3 is 6.09 Å². The molecule has 4 nitrogen and oxygen atoms in total. The molecular formula is C18H21ClFNO3. The number of fused-ring (bicyclic) bond motifs is 2. The van der Waals surface area contributed by atoms with E-state index >= 15 is 0 Å². The van der Waals surface area contributed by atoms with E-state index in [0.29, 0.717) is 25.2 Å². The molecule has 3 rings (SSSR count). The predicted molar refractivity (Wildman–Crippen MR) is 90.5 cm³/mol. The Kier molecular flexibility index (Phi) is 4.58. The van der Waals surface area contributed by atoms with Gasteiger partial charge in [-0.25, -0.2) is 9.18 Å². The fourth-order valence-electron chi connectivity index (χ4n) is 3.15. The highest BCUT2D eigenvalue weighted by atomic mass is 35.5. The molecule has 1 fully saturated rings. The van der Waals surface area contributed by atoms with E-state index in [1.807, 2.05) is 26.8 Å². The lowest BCUT2D eigenvalue weighted by Gasteiger charge is -2.44. The normalized spacial score (nSPS) is 23.7. The average molecular weight is 354 g/mol. The smallest absolute Gasteiger partial charge is 0.411 e. The summed E-state index contributed by atoms with van der Waals surface area (Å²) >= 11 is 5.89. The largest absolute Gasteiger partial charge is 0.444 e. The second kappa shape index (κ2) is 6.37. The number of amides is 1. The van der Waals surface area contributed by atoms with Crippen LogP contribution in [0.25, 0.3) is 5.57 Å². The van der Waals surface area contributed by atoms with Crippen LogP contribution in [0.4, 0.5) is 9.18 Å². The molecule has 0 radical (unpaired) electrons. The Balaban J connectivity index is 1.90. The van der Waals surface area contributed by atoms with Gasteiger partial charge in [0.05, 0.1) is 30.3 Å². The van der Waals surface area contributed by atoms with Crippen molar-refractivity contribution in [2.45, 2.75) is 44.9 Å².